The van der Waals surface area contributed by atoms with Gasteiger partial charge in [0.2, 0.25) is 0 Å². The Balaban J connectivity index is 1.57. The molecule has 4 rings (SSSR count). The molecule has 2 heterocycles. The van der Waals surface area contributed by atoms with Crippen molar-refractivity contribution < 1.29 is 18.8 Å². The number of methoxy groups -OCH3 is 1. The molecular weight excluding hydrogens is 394 g/mol. The lowest BCUT2D eigenvalue weighted by atomic mass is 10.0. The van der Waals surface area contributed by atoms with Crippen LogP contribution in [-0.4, -0.2) is 67.3 Å². The molecule has 0 radical (unpaired) electrons. The van der Waals surface area contributed by atoms with Crippen molar-refractivity contribution in [3.05, 3.63) is 59.0 Å². The zero-order chi connectivity index (χ0) is 21.8. The van der Waals surface area contributed by atoms with Crippen molar-refractivity contribution in [2.45, 2.75) is 20.5 Å². The number of carbonyl (C=O) groups excluding carboxylic acids is 1. The Morgan fingerprint density at radius 2 is 1.81 bits per heavy atom. The lowest BCUT2D eigenvalue weighted by Crippen LogP contribution is -2.49. The van der Waals surface area contributed by atoms with E-state index < -0.39 is 0 Å². The van der Waals surface area contributed by atoms with Gasteiger partial charge in [0.05, 0.1) is 23.4 Å². The molecule has 0 atom stereocenters. The van der Waals surface area contributed by atoms with E-state index in [1.165, 1.54) is 0 Å². The van der Waals surface area contributed by atoms with Crippen LogP contribution in [0.15, 0.2) is 40.9 Å². The summed E-state index contributed by atoms with van der Waals surface area (Å²) in [5.74, 6) is 1.33. The van der Waals surface area contributed by atoms with Gasteiger partial charge in [0, 0.05) is 39.8 Å². The minimum atomic E-state index is 0.00547. The molecule has 7 nitrogen and oxygen atoms in total. The van der Waals surface area contributed by atoms with Crippen molar-refractivity contribution in [2.24, 2.45) is 0 Å². The van der Waals surface area contributed by atoms with Crippen LogP contribution in [0.25, 0.3) is 10.8 Å². The second kappa shape index (κ2) is 9.49. The summed E-state index contributed by atoms with van der Waals surface area (Å²) in [7, 11) is 1.71. The Labute approximate surface area is 182 Å². The van der Waals surface area contributed by atoms with E-state index in [1.807, 2.05) is 55.1 Å². The van der Waals surface area contributed by atoms with Gasteiger partial charge in [0.25, 0.3) is 5.91 Å². The molecule has 0 spiro atoms. The van der Waals surface area contributed by atoms with Crippen molar-refractivity contribution in [1.29, 1.82) is 0 Å². The van der Waals surface area contributed by atoms with Crippen LogP contribution in [0.2, 0.25) is 0 Å². The first-order valence-corrected chi connectivity index (χ1v) is 10.6. The summed E-state index contributed by atoms with van der Waals surface area (Å²) in [4.78, 5) is 17.7. The summed E-state index contributed by atoms with van der Waals surface area (Å²) in [6.07, 6.45) is 0. The predicted octanol–water partition coefficient (Wildman–Crippen LogP) is 3.43. The van der Waals surface area contributed by atoms with E-state index in [0.29, 0.717) is 37.6 Å². The van der Waals surface area contributed by atoms with Gasteiger partial charge in [-0.15, -0.1) is 0 Å². The number of rotatable bonds is 7. The maximum atomic E-state index is 13.5. The van der Waals surface area contributed by atoms with E-state index in [0.717, 1.165) is 47.4 Å². The third-order valence-electron chi connectivity index (χ3n) is 5.90. The smallest absolute Gasteiger partial charge is 0.257 e. The van der Waals surface area contributed by atoms with Crippen LogP contribution in [0, 0.1) is 13.8 Å². The molecule has 1 saturated heterocycles. The van der Waals surface area contributed by atoms with Crippen LogP contribution in [0.4, 0.5) is 0 Å². The maximum absolute atomic E-state index is 13.5. The standard InChI is InChI=1S/C24H29N3O4/c1-17-22(18(2)31-25-17)16-30-23-15-20-7-5-4-6-19(20)14-21(23)24(28)27-10-8-26(9-11-27)12-13-29-3/h4-7,14-15H,8-13,16H2,1-3H3. The fourth-order valence-electron chi connectivity index (χ4n) is 3.93. The van der Waals surface area contributed by atoms with Crippen LogP contribution in [-0.2, 0) is 11.3 Å². The van der Waals surface area contributed by atoms with Crippen LogP contribution in [0.5, 0.6) is 5.75 Å². The lowest BCUT2D eigenvalue weighted by Gasteiger charge is -2.34. The molecule has 164 valence electrons. The molecule has 1 fully saturated rings. The number of aryl methyl sites for hydroxylation is 2. The summed E-state index contributed by atoms with van der Waals surface area (Å²) >= 11 is 0. The van der Waals surface area contributed by atoms with E-state index in [4.69, 9.17) is 14.0 Å². The number of nitrogens with zero attached hydrogens (tertiary/aromatic N) is 3. The second-order valence-corrected chi connectivity index (χ2v) is 7.91. The molecule has 1 aliphatic rings. The van der Waals surface area contributed by atoms with Gasteiger partial charge in [-0.25, -0.2) is 0 Å². The number of aromatic nitrogens is 1. The zero-order valence-corrected chi connectivity index (χ0v) is 18.4. The van der Waals surface area contributed by atoms with Gasteiger partial charge in [-0.2, -0.15) is 0 Å². The highest BCUT2D eigenvalue weighted by molar-refractivity contribution is 6.01. The Hall–Kier alpha value is -2.90. The highest BCUT2D eigenvalue weighted by Crippen LogP contribution is 2.29. The fraction of sp³-hybridized carbons (Fsp3) is 0.417. The van der Waals surface area contributed by atoms with Crippen LogP contribution in [0.3, 0.4) is 0 Å². The molecule has 7 heteroatoms. The number of hydrogen-bond acceptors (Lipinski definition) is 6. The van der Waals surface area contributed by atoms with Gasteiger partial charge >= 0.3 is 0 Å². The van der Waals surface area contributed by atoms with E-state index in [1.54, 1.807) is 7.11 Å². The number of benzene rings is 2. The first kappa shape index (κ1) is 21.3. The average Bonchev–Trinajstić information content (AvgIpc) is 3.12. The molecule has 1 aliphatic heterocycles. The fourth-order valence-corrected chi connectivity index (χ4v) is 3.93. The first-order chi connectivity index (χ1) is 15.1. The monoisotopic (exact) mass is 423 g/mol. The molecule has 1 aromatic heterocycles. The first-order valence-electron chi connectivity index (χ1n) is 10.6. The number of amides is 1. The largest absolute Gasteiger partial charge is 0.488 e. The minimum Gasteiger partial charge on any atom is -0.488 e. The lowest BCUT2D eigenvalue weighted by molar-refractivity contribution is 0.0590. The number of piperazine rings is 1. The number of carbonyl (C=O) groups is 1. The summed E-state index contributed by atoms with van der Waals surface area (Å²) in [6.45, 7) is 8.75. The number of ether oxygens (including phenoxy) is 2. The summed E-state index contributed by atoms with van der Waals surface area (Å²) in [5, 5.41) is 6.06. The second-order valence-electron chi connectivity index (χ2n) is 7.91. The highest BCUT2D eigenvalue weighted by Gasteiger charge is 2.25. The van der Waals surface area contributed by atoms with E-state index in [9.17, 15) is 4.79 Å². The normalized spacial score (nSPS) is 14.9. The topological polar surface area (TPSA) is 68.0 Å². The van der Waals surface area contributed by atoms with Crippen LogP contribution < -0.4 is 4.74 Å². The van der Waals surface area contributed by atoms with Gasteiger partial charge in [0.15, 0.2) is 0 Å². The maximum Gasteiger partial charge on any atom is 0.257 e. The average molecular weight is 424 g/mol. The number of fused-ring (bicyclic) bond motifs is 1. The Bertz CT molecular complexity index is 1030. The number of hydrogen-bond donors (Lipinski definition) is 0. The molecule has 0 unspecified atom stereocenters. The Kier molecular flexibility index (Phi) is 6.53. The third kappa shape index (κ3) is 4.73. The summed E-state index contributed by atoms with van der Waals surface area (Å²) in [5.41, 5.74) is 2.31. The van der Waals surface area contributed by atoms with Gasteiger partial charge in [-0.05, 0) is 36.8 Å². The van der Waals surface area contributed by atoms with Gasteiger partial charge < -0.3 is 18.9 Å². The molecule has 3 aromatic rings. The molecule has 0 aliphatic carbocycles. The third-order valence-corrected chi connectivity index (χ3v) is 5.90. The highest BCUT2D eigenvalue weighted by atomic mass is 16.5. The summed E-state index contributed by atoms with van der Waals surface area (Å²) in [6, 6.07) is 11.9. The van der Waals surface area contributed by atoms with Gasteiger partial charge in [0.1, 0.15) is 18.1 Å². The molecule has 0 N–H and O–H groups in total. The van der Waals surface area contributed by atoms with Crippen molar-refractivity contribution in [3.63, 3.8) is 0 Å². The summed E-state index contributed by atoms with van der Waals surface area (Å²) < 4.78 is 16.6. The van der Waals surface area contributed by atoms with Crippen molar-refractivity contribution in [2.75, 3.05) is 46.4 Å². The Morgan fingerprint density at radius 3 is 2.45 bits per heavy atom. The van der Waals surface area contributed by atoms with E-state index in [2.05, 4.69) is 10.1 Å². The molecule has 31 heavy (non-hydrogen) atoms. The zero-order valence-electron chi connectivity index (χ0n) is 18.4. The SMILES string of the molecule is COCCN1CCN(C(=O)c2cc3ccccc3cc2OCc2c(C)noc2C)CC1. The van der Waals surface area contributed by atoms with Crippen molar-refractivity contribution >= 4 is 16.7 Å². The molecular formula is C24H29N3O4. The Morgan fingerprint density at radius 1 is 1.10 bits per heavy atom. The van der Waals surface area contributed by atoms with Crippen molar-refractivity contribution in [1.82, 2.24) is 15.0 Å². The van der Waals surface area contributed by atoms with Gasteiger partial charge in [-0.3, -0.25) is 9.69 Å². The minimum absolute atomic E-state index is 0.00547. The molecule has 1 amide bonds. The van der Waals surface area contributed by atoms with E-state index >= 15 is 0 Å². The van der Waals surface area contributed by atoms with Gasteiger partial charge in [-0.1, -0.05) is 29.4 Å². The molecule has 0 saturated carbocycles. The molecule has 2 aromatic carbocycles. The molecule has 0 bridgehead atoms. The van der Waals surface area contributed by atoms with E-state index in [-0.39, 0.29) is 5.91 Å². The quantitative estimate of drug-likeness (QED) is 0.580. The van der Waals surface area contributed by atoms with Crippen LogP contribution in [0.1, 0.15) is 27.4 Å². The van der Waals surface area contributed by atoms with Crippen LogP contribution >= 0.6 is 0 Å². The van der Waals surface area contributed by atoms with Crippen molar-refractivity contribution in [3.8, 4) is 5.75 Å². The predicted molar refractivity (Wildman–Crippen MR) is 118 cm³/mol.